The molecule has 0 N–H and O–H groups in total. The summed E-state index contributed by atoms with van der Waals surface area (Å²) in [5.41, 5.74) is 1.56. The Balaban J connectivity index is 1.70. The largest absolute Gasteiger partial charge is 0.497 e. The Morgan fingerprint density at radius 1 is 1.23 bits per heavy atom. The van der Waals surface area contributed by atoms with Crippen LogP contribution in [0.4, 0.5) is 4.79 Å². The molecule has 0 radical (unpaired) electrons. The van der Waals surface area contributed by atoms with E-state index < -0.39 is 18.0 Å². The summed E-state index contributed by atoms with van der Waals surface area (Å²) in [6.07, 6.45) is 0. The number of carbonyl (C=O) groups is 2. The molecule has 1 aromatic carbocycles. The second-order valence-corrected chi connectivity index (χ2v) is 7.15. The molecule has 1 unspecified atom stereocenters. The highest BCUT2D eigenvalue weighted by molar-refractivity contribution is 6.22. The molecule has 0 aliphatic carbocycles. The van der Waals surface area contributed by atoms with Crippen LogP contribution in [0.3, 0.4) is 0 Å². The molecule has 1 fully saturated rings. The summed E-state index contributed by atoms with van der Waals surface area (Å²) in [5.74, 6) is 6.12. The van der Waals surface area contributed by atoms with Gasteiger partial charge < -0.3 is 4.74 Å². The molecule has 1 saturated heterocycles. The SMILES string of the molecule is CC#CC[N+]1=C(OCC)N=C2C1C(=O)N(Cc1nc(C)c3ccccc3n1)C(=O)N2C. The lowest BCUT2D eigenvalue weighted by atomic mass is 10.1. The number of aromatic nitrogens is 2. The number of fused-ring (bicyclic) bond motifs is 2. The van der Waals surface area contributed by atoms with Crippen LogP contribution in [0.2, 0.25) is 0 Å². The highest BCUT2D eigenvalue weighted by Crippen LogP contribution is 2.22. The molecule has 2 aromatic rings. The Hall–Kier alpha value is -3.80. The first-order valence-electron chi connectivity index (χ1n) is 10.0. The Labute approximate surface area is 180 Å². The predicted molar refractivity (Wildman–Crippen MR) is 114 cm³/mol. The van der Waals surface area contributed by atoms with E-state index in [4.69, 9.17) is 4.74 Å². The zero-order valence-electron chi connectivity index (χ0n) is 17.9. The molecule has 158 valence electrons. The van der Waals surface area contributed by atoms with Gasteiger partial charge in [0.15, 0.2) is 6.54 Å². The summed E-state index contributed by atoms with van der Waals surface area (Å²) in [7, 11) is 1.60. The molecule has 2 aliphatic heterocycles. The summed E-state index contributed by atoms with van der Waals surface area (Å²) < 4.78 is 7.29. The van der Waals surface area contributed by atoms with Crippen molar-refractivity contribution in [3.05, 3.63) is 35.8 Å². The van der Waals surface area contributed by atoms with Gasteiger partial charge in [-0.3, -0.25) is 14.6 Å². The van der Waals surface area contributed by atoms with Crippen LogP contribution >= 0.6 is 0 Å². The number of benzene rings is 1. The van der Waals surface area contributed by atoms with Crippen molar-refractivity contribution in [3.63, 3.8) is 0 Å². The zero-order valence-corrected chi connectivity index (χ0v) is 17.9. The molecule has 3 heterocycles. The minimum absolute atomic E-state index is 0.0330. The van der Waals surface area contributed by atoms with Gasteiger partial charge in [-0.2, -0.15) is 4.58 Å². The van der Waals surface area contributed by atoms with Crippen molar-refractivity contribution in [1.82, 2.24) is 19.8 Å². The van der Waals surface area contributed by atoms with Crippen molar-refractivity contribution in [2.24, 2.45) is 4.99 Å². The summed E-state index contributed by atoms with van der Waals surface area (Å²) >= 11 is 0. The third-order valence-electron chi connectivity index (χ3n) is 5.21. The molecule has 1 aromatic heterocycles. The number of hydrogen-bond donors (Lipinski definition) is 0. The molecule has 0 saturated carbocycles. The maximum Gasteiger partial charge on any atom is 0.497 e. The Bertz CT molecular complexity index is 1210. The third kappa shape index (κ3) is 3.50. The van der Waals surface area contributed by atoms with E-state index in [2.05, 4.69) is 26.8 Å². The summed E-state index contributed by atoms with van der Waals surface area (Å²) in [4.78, 5) is 42.4. The third-order valence-corrected chi connectivity index (χ3v) is 5.21. The van der Waals surface area contributed by atoms with Gasteiger partial charge in [0.25, 0.3) is 17.8 Å². The van der Waals surface area contributed by atoms with Gasteiger partial charge >= 0.3 is 12.1 Å². The molecule has 9 heteroatoms. The number of hydrogen-bond acceptors (Lipinski definition) is 6. The number of carbonyl (C=O) groups excluding carboxylic acids is 2. The fourth-order valence-corrected chi connectivity index (χ4v) is 3.72. The van der Waals surface area contributed by atoms with Crippen LogP contribution in [-0.2, 0) is 16.1 Å². The first-order valence-corrected chi connectivity index (χ1v) is 10.0. The van der Waals surface area contributed by atoms with Crippen molar-refractivity contribution in [2.45, 2.75) is 33.4 Å². The zero-order chi connectivity index (χ0) is 22.1. The van der Waals surface area contributed by atoms with Gasteiger partial charge in [-0.15, -0.1) is 5.92 Å². The van der Waals surface area contributed by atoms with Crippen LogP contribution in [0.25, 0.3) is 10.9 Å². The maximum absolute atomic E-state index is 13.4. The van der Waals surface area contributed by atoms with Gasteiger partial charge in [-0.25, -0.2) is 14.8 Å². The quantitative estimate of drug-likeness (QED) is 0.554. The highest BCUT2D eigenvalue weighted by Gasteiger charge is 2.55. The van der Waals surface area contributed by atoms with Crippen molar-refractivity contribution in [3.8, 4) is 11.8 Å². The van der Waals surface area contributed by atoms with Crippen molar-refractivity contribution >= 4 is 34.7 Å². The lowest BCUT2D eigenvalue weighted by Gasteiger charge is -2.32. The number of amides is 3. The highest BCUT2D eigenvalue weighted by atomic mass is 16.5. The van der Waals surface area contributed by atoms with Crippen LogP contribution in [0.15, 0.2) is 29.3 Å². The minimum Gasteiger partial charge on any atom is -0.429 e. The number of imide groups is 1. The molecular formula is C22H23N6O3+. The minimum atomic E-state index is -0.786. The monoisotopic (exact) mass is 419 g/mol. The average Bonchev–Trinajstić information content (AvgIpc) is 3.12. The molecule has 31 heavy (non-hydrogen) atoms. The molecular weight excluding hydrogens is 396 g/mol. The van der Waals surface area contributed by atoms with E-state index in [-0.39, 0.29) is 19.1 Å². The number of rotatable bonds is 4. The number of ether oxygens (including phenoxy) is 1. The van der Waals surface area contributed by atoms with Crippen LogP contribution in [0, 0.1) is 18.8 Å². The lowest BCUT2D eigenvalue weighted by molar-refractivity contribution is -0.531. The first kappa shape index (κ1) is 20.5. The molecule has 9 nitrogen and oxygen atoms in total. The van der Waals surface area contributed by atoms with Crippen LogP contribution < -0.4 is 0 Å². The second-order valence-electron chi connectivity index (χ2n) is 7.15. The molecule has 4 rings (SSSR count). The maximum atomic E-state index is 13.4. The fourth-order valence-electron chi connectivity index (χ4n) is 3.72. The fraction of sp³-hybridized carbons (Fsp3) is 0.364. The number of urea groups is 1. The van der Waals surface area contributed by atoms with E-state index >= 15 is 0 Å². The number of amidine groups is 2. The Kier molecular flexibility index (Phi) is 5.38. The summed E-state index contributed by atoms with van der Waals surface area (Å²) in [6.45, 7) is 6.05. The van der Waals surface area contributed by atoms with Crippen molar-refractivity contribution < 1.29 is 18.9 Å². The molecule has 0 spiro atoms. The van der Waals surface area contributed by atoms with E-state index in [9.17, 15) is 9.59 Å². The number of likely N-dealkylation sites (N-methyl/N-ethyl adjacent to an activating group) is 1. The van der Waals surface area contributed by atoms with Gasteiger partial charge in [-0.1, -0.05) is 24.1 Å². The second kappa shape index (κ2) is 8.14. The molecule has 0 bridgehead atoms. The average molecular weight is 419 g/mol. The van der Waals surface area contributed by atoms with Crippen molar-refractivity contribution in [1.29, 1.82) is 0 Å². The van der Waals surface area contributed by atoms with Gasteiger partial charge in [0.05, 0.1) is 18.7 Å². The molecule has 1 atom stereocenters. The smallest absolute Gasteiger partial charge is 0.429 e. The van der Waals surface area contributed by atoms with E-state index in [1.54, 1.807) is 18.5 Å². The van der Waals surface area contributed by atoms with Crippen molar-refractivity contribution in [2.75, 3.05) is 20.2 Å². The summed E-state index contributed by atoms with van der Waals surface area (Å²) in [6, 6.07) is 6.67. The topological polar surface area (TPSA) is 91.0 Å². The predicted octanol–water partition coefficient (Wildman–Crippen LogP) is 1.54. The number of aliphatic imine (C=N–C) groups is 1. The van der Waals surface area contributed by atoms with Gasteiger partial charge in [0.1, 0.15) is 5.82 Å². The van der Waals surface area contributed by atoms with E-state index in [0.717, 1.165) is 21.5 Å². The number of nitrogens with zero attached hydrogens (tertiary/aromatic N) is 6. The van der Waals surface area contributed by atoms with Crippen LogP contribution in [0.1, 0.15) is 25.4 Å². The molecule has 2 aliphatic rings. The van der Waals surface area contributed by atoms with Gasteiger partial charge in [-0.05, 0) is 26.8 Å². The standard InChI is InChI=1S/C22H23N6O3/c1-5-7-12-27-18-19(25-21(27)31-6-2)26(4)22(30)28(20(18)29)13-17-23-14(3)15-10-8-9-11-16(15)24-17/h8-11,18H,6,12-13H2,1-4H3/q+1. The van der Waals surface area contributed by atoms with E-state index in [1.807, 2.05) is 38.1 Å². The summed E-state index contributed by atoms with van der Waals surface area (Å²) in [5, 5.41) is 0.935. The number of aryl methyl sites for hydroxylation is 1. The normalized spacial score (nSPS) is 18.2. The first-order chi connectivity index (χ1) is 15.0. The van der Waals surface area contributed by atoms with E-state index in [0.29, 0.717) is 18.3 Å². The van der Waals surface area contributed by atoms with E-state index in [1.165, 1.54) is 4.90 Å². The lowest BCUT2D eigenvalue weighted by Crippen LogP contribution is -2.62. The number of para-hydroxylation sites is 1. The van der Waals surface area contributed by atoms with Crippen LogP contribution in [-0.4, -0.2) is 74.4 Å². The van der Waals surface area contributed by atoms with Gasteiger partial charge in [0, 0.05) is 23.1 Å². The Morgan fingerprint density at radius 2 is 2.00 bits per heavy atom. The van der Waals surface area contributed by atoms with Gasteiger partial charge in [0.2, 0.25) is 0 Å². The Morgan fingerprint density at radius 3 is 2.74 bits per heavy atom. The van der Waals surface area contributed by atoms with Crippen LogP contribution in [0.5, 0.6) is 0 Å². The molecule has 3 amide bonds.